The molecular formula is C34H31Cl2F2N3O5. The maximum atomic E-state index is 13.1. The quantitative estimate of drug-likeness (QED) is 0.176. The molecular weight excluding hydrogens is 639 g/mol. The SMILES string of the molecule is CCC1(OCc2c(-c3c(Cl)cncc3Cl)noc2C2CC2)CCC(C)(C#Cc2ccc3nc(C(=O)O)cc(OC(F)F)c3c2)CC1. The molecule has 0 unspecified atom stereocenters. The number of ether oxygens (including phenoxy) is 2. The summed E-state index contributed by atoms with van der Waals surface area (Å²) in [7, 11) is 0. The standard InChI is InChI=1S/C34H31Cl2F2N3O5/c1-3-34(44-18-22-29(41-46-30(22)20-5-6-20)28-23(35)16-39-17-24(28)36)12-10-33(2,11-13-34)9-8-19-4-7-25-21(14-19)27(45-32(37)38)15-26(40-25)31(42)43/h4,7,14-17,20,32H,3,5-6,10-13,18H2,1-2H3,(H,42,43). The predicted molar refractivity (Wildman–Crippen MR) is 168 cm³/mol. The highest BCUT2D eigenvalue weighted by Crippen LogP contribution is 2.48. The normalized spacial score (nSPS) is 21.3. The second kappa shape index (κ2) is 12.8. The number of aromatic carboxylic acids is 1. The predicted octanol–water partition coefficient (Wildman–Crippen LogP) is 9.07. The van der Waals surface area contributed by atoms with E-state index in [1.807, 2.05) is 0 Å². The number of hydrogen-bond donors (Lipinski definition) is 1. The number of rotatable bonds is 9. The van der Waals surface area contributed by atoms with E-state index in [-0.39, 0.29) is 33.4 Å². The first-order chi connectivity index (χ1) is 22.0. The molecule has 8 nitrogen and oxygen atoms in total. The fourth-order valence-corrected chi connectivity index (χ4v) is 6.51. The zero-order valence-electron chi connectivity index (χ0n) is 25.2. The second-order valence-electron chi connectivity index (χ2n) is 12.2. The van der Waals surface area contributed by atoms with Crippen LogP contribution < -0.4 is 4.74 Å². The summed E-state index contributed by atoms with van der Waals surface area (Å²) in [5.41, 5.74) is 1.81. The molecule has 0 aliphatic heterocycles. The van der Waals surface area contributed by atoms with E-state index in [0.29, 0.717) is 39.4 Å². The topological polar surface area (TPSA) is 108 Å². The third kappa shape index (κ3) is 6.68. The zero-order valence-corrected chi connectivity index (χ0v) is 26.7. The van der Waals surface area contributed by atoms with E-state index in [4.69, 9.17) is 32.5 Å². The molecule has 2 aliphatic rings. The van der Waals surface area contributed by atoms with Gasteiger partial charge < -0.3 is 19.1 Å². The molecule has 2 saturated carbocycles. The lowest BCUT2D eigenvalue weighted by molar-refractivity contribution is -0.0952. The summed E-state index contributed by atoms with van der Waals surface area (Å²) in [6.07, 6.45) is 9.12. The summed E-state index contributed by atoms with van der Waals surface area (Å²) in [4.78, 5) is 19.5. The molecule has 240 valence electrons. The number of fused-ring (bicyclic) bond motifs is 1. The molecule has 6 rings (SSSR count). The molecule has 3 aromatic heterocycles. The fourth-order valence-electron chi connectivity index (χ4n) is 5.97. The third-order valence-electron chi connectivity index (χ3n) is 9.00. The van der Waals surface area contributed by atoms with Gasteiger partial charge in [0.25, 0.3) is 0 Å². The third-order valence-corrected chi connectivity index (χ3v) is 9.58. The van der Waals surface area contributed by atoms with Crippen LogP contribution in [0.25, 0.3) is 22.2 Å². The van der Waals surface area contributed by atoms with Crippen LogP contribution in [0.4, 0.5) is 8.78 Å². The average Bonchev–Trinajstić information content (AvgIpc) is 3.79. The van der Waals surface area contributed by atoms with Crippen molar-refractivity contribution in [2.45, 2.75) is 83.5 Å². The Hall–Kier alpha value is -3.78. The van der Waals surface area contributed by atoms with Gasteiger partial charge in [-0.25, -0.2) is 9.78 Å². The Labute approximate surface area is 274 Å². The molecule has 0 radical (unpaired) electrons. The van der Waals surface area contributed by atoms with Gasteiger partial charge in [0.1, 0.15) is 17.2 Å². The van der Waals surface area contributed by atoms with Gasteiger partial charge in [-0.05, 0) is 70.1 Å². The lowest BCUT2D eigenvalue weighted by Gasteiger charge is -2.42. The molecule has 0 saturated heterocycles. The van der Waals surface area contributed by atoms with Gasteiger partial charge in [-0.3, -0.25) is 4.98 Å². The van der Waals surface area contributed by atoms with Crippen LogP contribution in [0.3, 0.4) is 0 Å². The Morgan fingerprint density at radius 3 is 2.50 bits per heavy atom. The first kappa shape index (κ1) is 32.2. The van der Waals surface area contributed by atoms with Gasteiger partial charge in [0.15, 0.2) is 5.69 Å². The molecule has 0 atom stereocenters. The zero-order chi connectivity index (χ0) is 32.6. The second-order valence-corrected chi connectivity index (χ2v) is 13.0. The Bertz CT molecular complexity index is 1840. The van der Waals surface area contributed by atoms with Crippen molar-refractivity contribution < 1.29 is 32.7 Å². The first-order valence-electron chi connectivity index (χ1n) is 15.1. The molecule has 3 heterocycles. The molecule has 0 amide bonds. The molecule has 4 aromatic rings. The van der Waals surface area contributed by atoms with Crippen molar-refractivity contribution >= 4 is 40.1 Å². The van der Waals surface area contributed by atoms with E-state index < -0.39 is 12.6 Å². The highest BCUT2D eigenvalue weighted by Gasteiger charge is 2.41. The van der Waals surface area contributed by atoms with Crippen molar-refractivity contribution in [3.8, 4) is 28.8 Å². The monoisotopic (exact) mass is 669 g/mol. The lowest BCUT2D eigenvalue weighted by atomic mass is 9.69. The number of carboxylic acids is 1. The van der Waals surface area contributed by atoms with Gasteiger partial charge in [0, 0.05) is 51.9 Å². The number of carboxylic acid groups (broad SMARTS) is 1. The van der Waals surface area contributed by atoms with E-state index in [1.54, 1.807) is 18.2 Å². The van der Waals surface area contributed by atoms with Gasteiger partial charge in [0.2, 0.25) is 0 Å². The van der Waals surface area contributed by atoms with Crippen molar-refractivity contribution in [2.24, 2.45) is 5.41 Å². The van der Waals surface area contributed by atoms with Crippen LogP contribution in [0, 0.1) is 17.3 Å². The molecule has 46 heavy (non-hydrogen) atoms. The minimum absolute atomic E-state index is 0.226. The molecule has 0 bridgehead atoms. The van der Waals surface area contributed by atoms with Crippen molar-refractivity contribution in [3.05, 3.63) is 69.3 Å². The minimum Gasteiger partial charge on any atom is -0.477 e. The van der Waals surface area contributed by atoms with Crippen LogP contribution in [0.2, 0.25) is 10.0 Å². The Morgan fingerprint density at radius 1 is 1.15 bits per heavy atom. The number of halogens is 4. The van der Waals surface area contributed by atoms with Gasteiger partial charge >= 0.3 is 12.6 Å². The number of nitrogens with zero attached hydrogens (tertiary/aromatic N) is 3. The number of benzene rings is 1. The van der Waals surface area contributed by atoms with Crippen molar-refractivity contribution in [1.82, 2.24) is 15.1 Å². The van der Waals surface area contributed by atoms with E-state index >= 15 is 0 Å². The van der Waals surface area contributed by atoms with Gasteiger partial charge in [-0.15, -0.1) is 0 Å². The van der Waals surface area contributed by atoms with Gasteiger partial charge in [-0.1, -0.05) is 47.1 Å². The lowest BCUT2D eigenvalue weighted by Crippen LogP contribution is -2.39. The molecule has 12 heteroatoms. The fraction of sp³-hybridized carbons (Fsp3) is 0.412. The Kier molecular flexibility index (Phi) is 8.94. The molecule has 2 fully saturated rings. The Morgan fingerprint density at radius 2 is 1.87 bits per heavy atom. The van der Waals surface area contributed by atoms with E-state index in [2.05, 4.69) is 45.5 Å². The molecule has 2 aliphatic carbocycles. The van der Waals surface area contributed by atoms with Crippen LogP contribution >= 0.6 is 23.2 Å². The minimum atomic E-state index is -3.12. The van der Waals surface area contributed by atoms with Crippen molar-refractivity contribution in [1.29, 1.82) is 0 Å². The summed E-state index contributed by atoms with van der Waals surface area (Å²) in [6.45, 7) is 1.43. The Balaban J connectivity index is 1.19. The average molecular weight is 671 g/mol. The van der Waals surface area contributed by atoms with Crippen LogP contribution in [0.1, 0.15) is 92.1 Å². The highest BCUT2D eigenvalue weighted by molar-refractivity contribution is 6.38. The number of hydrogen-bond acceptors (Lipinski definition) is 7. The number of carbonyl (C=O) groups is 1. The smallest absolute Gasteiger partial charge is 0.387 e. The van der Waals surface area contributed by atoms with E-state index in [1.165, 1.54) is 12.4 Å². The maximum absolute atomic E-state index is 13.1. The van der Waals surface area contributed by atoms with Crippen molar-refractivity contribution in [2.75, 3.05) is 0 Å². The van der Waals surface area contributed by atoms with E-state index in [0.717, 1.165) is 62.3 Å². The maximum Gasteiger partial charge on any atom is 0.387 e. The van der Waals surface area contributed by atoms with Crippen LogP contribution in [0.5, 0.6) is 5.75 Å². The largest absolute Gasteiger partial charge is 0.477 e. The van der Waals surface area contributed by atoms with Crippen LogP contribution in [-0.2, 0) is 11.3 Å². The molecule has 1 aromatic carbocycles. The van der Waals surface area contributed by atoms with Crippen LogP contribution in [-0.4, -0.2) is 38.4 Å². The summed E-state index contributed by atoms with van der Waals surface area (Å²) in [6, 6.07) is 5.85. The number of pyridine rings is 2. The van der Waals surface area contributed by atoms with Crippen LogP contribution in [0.15, 0.2) is 41.2 Å². The number of aromatic nitrogens is 3. The first-order valence-corrected chi connectivity index (χ1v) is 15.8. The summed E-state index contributed by atoms with van der Waals surface area (Å²) in [5, 5.41) is 14.7. The highest BCUT2D eigenvalue weighted by atomic mass is 35.5. The molecule has 1 N–H and O–H groups in total. The van der Waals surface area contributed by atoms with Crippen molar-refractivity contribution in [3.63, 3.8) is 0 Å². The number of alkyl halides is 2. The summed E-state index contributed by atoms with van der Waals surface area (Å²) >= 11 is 13.0. The summed E-state index contributed by atoms with van der Waals surface area (Å²) < 4.78 is 43.3. The van der Waals surface area contributed by atoms with Gasteiger partial charge in [-0.2, -0.15) is 8.78 Å². The molecule has 0 spiro atoms. The van der Waals surface area contributed by atoms with E-state index in [9.17, 15) is 18.7 Å². The van der Waals surface area contributed by atoms with Gasteiger partial charge in [0.05, 0.1) is 27.8 Å². The summed E-state index contributed by atoms with van der Waals surface area (Å²) in [5.74, 6) is 6.14.